The second-order valence-electron chi connectivity index (χ2n) is 8.62. The first-order valence-corrected chi connectivity index (χ1v) is 8.18. The molecule has 2 atom stereocenters. The van der Waals surface area contributed by atoms with Gasteiger partial charge >= 0.3 is 0 Å². The van der Waals surface area contributed by atoms with Gasteiger partial charge in [0.25, 0.3) is 0 Å². The van der Waals surface area contributed by atoms with Crippen LogP contribution < -0.4 is 5.73 Å². The van der Waals surface area contributed by atoms with Gasteiger partial charge < -0.3 is 5.73 Å². The van der Waals surface area contributed by atoms with Gasteiger partial charge in [-0.05, 0) is 42.6 Å². The van der Waals surface area contributed by atoms with Crippen molar-refractivity contribution in [3.63, 3.8) is 0 Å². The Hall–Kier alpha value is -0.0800. The Morgan fingerprint density at radius 3 is 2.26 bits per heavy atom. The summed E-state index contributed by atoms with van der Waals surface area (Å²) < 4.78 is 0. The highest BCUT2D eigenvalue weighted by Crippen LogP contribution is 2.49. The van der Waals surface area contributed by atoms with E-state index in [1.165, 1.54) is 45.2 Å². The average molecular weight is 266 g/mol. The van der Waals surface area contributed by atoms with E-state index in [9.17, 15) is 0 Å². The monoisotopic (exact) mass is 266 g/mol. The van der Waals surface area contributed by atoms with Gasteiger partial charge in [0, 0.05) is 18.6 Å². The van der Waals surface area contributed by atoms with E-state index in [2.05, 4.69) is 39.5 Å². The molecule has 1 saturated carbocycles. The molecule has 1 saturated heterocycles. The minimum atomic E-state index is 0.255. The standard InChI is InChI=1S/C17H34N2/c1-15(2,3)14-8-11-19(12-14)17(13-18)10-7-6-9-16(17,4)5/h14H,6-13,18H2,1-5H3. The fourth-order valence-corrected chi connectivity index (χ4v) is 4.50. The fraction of sp³-hybridized carbons (Fsp3) is 1.00. The van der Waals surface area contributed by atoms with Crippen LogP contribution in [0.3, 0.4) is 0 Å². The second kappa shape index (κ2) is 5.04. The molecule has 1 heterocycles. The summed E-state index contributed by atoms with van der Waals surface area (Å²) in [4.78, 5) is 2.77. The normalized spacial score (nSPS) is 36.6. The Morgan fingerprint density at radius 1 is 1.16 bits per heavy atom. The van der Waals surface area contributed by atoms with Gasteiger partial charge in [0.15, 0.2) is 0 Å². The molecule has 2 aliphatic rings. The summed E-state index contributed by atoms with van der Waals surface area (Å²) in [6.07, 6.45) is 6.72. The van der Waals surface area contributed by atoms with Gasteiger partial charge in [0.1, 0.15) is 0 Å². The lowest BCUT2D eigenvalue weighted by molar-refractivity contribution is -0.0349. The van der Waals surface area contributed by atoms with Gasteiger partial charge in [-0.2, -0.15) is 0 Å². The third kappa shape index (κ3) is 2.58. The lowest BCUT2D eigenvalue weighted by Crippen LogP contribution is -2.63. The van der Waals surface area contributed by atoms with Crippen molar-refractivity contribution in [2.45, 2.75) is 72.3 Å². The van der Waals surface area contributed by atoms with Gasteiger partial charge in [-0.25, -0.2) is 0 Å². The Balaban J connectivity index is 2.19. The topological polar surface area (TPSA) is 29.3 Å². The third-order valence-electron chi connectivity index (χ3n) is 6.26. The van der Waals surface area contributed by atoms with E-state index in [0.29, 0.717) is 10.8 Å². The van der Waals surface area contributed by atoms with Crippen LogP contribution in [0, 0.1) is 16.7 Å². The molecule has 0 amide bonds. The molecule has 0 aromatic rings. The van der Waals surface area contributed by atoms with Crippen LogP contribution in [0.25, 0.3) is 0 Å². The molecule has 0 spiro atoms. The summed E-state index contributed by atoms with van der Waals surface area (Å²) in [5.41, 5.74) is 7.36. The number of nitrogens with two attached hydrogens (primary N) is 1. The predicted molar refractivity (Wildman–Crippen MR) is 83.2 cm³/mol. The highest BCUT2D eigenvalue weighted by molar-refractivity contribution is 5.07. The number of nitrogens with zero attached hydrogens (tertiary/aromatic N) is 1. The molecule has 2 N–H and O–H groups in total. The third-order valence-corrected chi connectivity index (χ3v) is 6.26. The van der Waals surface area contributed by atoms with Crippen molar-refractivity contribution in [3.05, 3.63) is 0 Å². The molecule has 0 radical (unpaired) electrons. The summed E-state index contributed by atoms with van der Waals surface area (Å²) in [6.45, 7) is 15.4. The van der Waals surface area contributed by atoms with E-state index in [-0.39, 0.29) is 5.54 Å². The van der Waals surface area contributed by atoms with Crippen LogP contribution in [0.4, 0.5) is 0 Å². The molecule has 19 heavy (non-hydrogen) atoms. The minimum absolute atomic E-state index is 0.255. The maximum Gasteiger partial charge on any atom is 0.0382 e. The summed E-state index contributed by atoms with van der Waals surface area (Å²) in [5.74, 6) is 0.827. The average Bonchev–Trinajstić information content (AvgIpc) is 2.78. The first-order chi connectivity index (χ1) is 8.73. The molecule has 2 rings (SSSR count). The van der Waals surface area contributed by atoms with Crippen molar-refractivity contribution >= 4 is 0 Å². The van der Waals surface area contributed by atoms with Crippen LogP contribution >= 0.6 is 0 Å². The van der Waals surface area contributed by atoms with Crippen LogP contribution in [0.2, 0.25) is 0 Å². The largest absolute Gasteiger partial charge is 0.329 e. The van der Waals surface area contributed by atoms with Gasteiger partial charge in [-0.15, -0.1) is 0 Å². The molecule has 0 aromatic carbocycles. The summed E-state index contributed by atoms with van der Waals surface area (Å²) in [6, 6.07) is 0. The van der Waals surface area contributed by atoms with E-state index < -0.39 is 0 Å². The highest BCUT2D eigenvalue weighted by atomic mass is 15.2. The quantitative estimate of drug-likeness (QED) is 0.826. The molecule has 1 aliphatic heterocycles. The van der Waals surface area contributed by atoms with E-state index >= 15 is 0 Å². The molecular formula is C17H34N2. The zero-order chi connectivity index (χ0) is 14.3. The van der Waals surface area contributed by atoms with Crippen molar-refractivity contribution in [1.82, 2.24) is 4.90 Å². The van der Waals surface area contributed by atoms with Gasteiger partial charge in [0.05, 0.1) is 0 Å². The van der Waals surface area contributed by atoms with E-state index in [0.717, 1.165) is 12.5 Å². The molecular weight excluding hydrogens is 232 g/mol. The fourth-order valence-electron chi connectivity index (χ4n) is 4.50. The Morgan fingerprint density at radius 2 is 1.79 bits per heavy atom. The van der Waals surface area contributed by atoms with Crippen LogP contribution in [-0.2, 0) is 0 Å². The van der Waals surface area contributed by atoms with Crippen LogP contribution in [0.1, 0.15) is 66.7 Å². The zero-order valence-corrected chi connectivity index (χ0v) is 13.8. The van der Waals surface area contributed by atoms with Crippen molar-refractivity contribution in [2.75, 3.05) is 19.6 Å². The van der Waals surface area contributed by atoms with Gasteiger partial charge in [-0.3, -0.25) is 4.90 Å². The van der Waals surface area contributed by atoms with E-state index in [1.54, 1.807) is 0 Å². The van der Waals surface area contributed by atoms with Crippen molar-refractivity contribution in [2.24, 2.45) is 22.5 Å². The summed E-state index contributed by atoms with van der Waals surface area (Å²) in [5, 5.41) is 0. The van der Waals surface area contributed by atoms with Crippen LogP contribution in [0.5, 0.6) is 0 Å². The number of likely N-dealkylation sites (tertiary alicyclic amines) is 1. The summed E-state index contributed by atoms with van der Waals surface area (Å²) in [7, 11) is 0. The first-order valence-electron chi connectivity index (χ1n) is 8.18. The van der Waals surface area contributed by atoms with Crippen molar-refractivity contribution in [1.29, 1.82) is 0 Å². The lowest BCUT2D eigenvalue weighted by Gasteiger charge is -2.55. The molecule has 1 aliphatic carbocycles. The summed E-state index contributed by atoms with van der Waals surface area (Å²) >= 11 is 0. The van der Waals surface area contributed by atoms with E-state index in [1.807, 2.05) is 0 Å². The first kappa shape index (κ1) is 15.3. The highest BCUT2D eigenvalue weighted by Gasteiger charge is 2.51. The zero-order valence-electron chi connectivity index (χ0n) is 13.8. The molecule has 2 heteroatoms. The molecule has 2 nitrogen and oxygen atoms in total. The molecule has 0 bridgehead atoms. The SMILES string of the molecule is CC(C)(C)C1CCN(C2(CN)CCCCC2(C)C)C1. The Labute approximate surface area is 120 Å². The minimum Gasteiger partial charge on any atom is -0.329 e. The molecule has 0 aromatic heterocycles. The Kier molecular flexibility index (Phi) is 4.06. The number of rotatable bonds is 2. The van der Waals surface area contributed by atoms with Gasteiger partial charge in [0.2, 0.25) is 0 Å². The second-order valence-corrected chi connectivity index (χ2v) is 8.62. The van der Waals surface area contributed by atoms with E-state index in [4.69, 9.17) is 5.73 Å². The molecule has 112 valence electrons. The van der Waals surface area contributed by atoms with Crippen molar-refractivity contribution in [3.8, 4) is 0 Å². The van der Waals surface area contributed by atoms with Crippen LogP contribution in [0.15, 0.2) is 0 Å². The smallest absolute Gasteiger partial charge is 0.0382 e. The molecule has 2 unspecified atom stereocenters. The number of hydrogen-bond acceptors (Lipinski definition) is 2. The maximum absolute atomic E-state index is 6.31. The van der Waals surface area contributed by atoms with Gasteiger partial charge in [-0.1, -0.05) is 47.5 Å². The Bertz CT molecular complexity index is 316. The molecule has 2 fully saturated rings. The number of hydrogen-bond donors (Lipinski definition) is 1. The lowest BCUT2D eigenvalue weighted by atomic mass is 9.62. The maximum atomic E-state index is 6.31. The predicted octanol–water partition coefficient (Wildman–Crippen LogP) is 3.65. The van der Waals surface area contributed by atoms with Crippen LogP contribution in [-0.4, -0.2) is 30.1 Å². The van der Waals surface area contributed by atoms with Crippen molar-refractivity contribution < 1.29 is 0 Å².